The van der Waals surface area contributed by atoms with Crippen molar-refractivity contribution in [2.45, 2.75) is 37.2 Å². The first-order chi connectivity index (χ1) is 11.3. The van der Waals surface area contributed by atoms with Crippen LogP contribution in [0.1, 0.15) is 24.4 Å². The number of hydrogen-bond donors (Lipinski definition) is 2. The number of anilines is 1. The highest BCUT2D eigenvalue weighted by molar-refractivity contribution is 6.30. The second-order valence-electron chi connectivity index (χ2n) is 5.76. The van der Waals surface area contributed by atoms with E-state index < -0.39 is 30.8 Å². The molecule has 2 fully saturated rings. The number of hydrogen-bond acceptors (Lipinski definition) is 5. The Morgan fingerprint density at radius 3 is 2.75 bits per heavy atom. The van der Waals surface area contributed by atoms with Crippen LogP contribution in [0.5, 0.6) is 0 Å². The fourth-order valence-electron chi connectivity index (χ4n) is 2.46. The number of carbonyl (C=O) groups excluding carboxylic acids is 1. The minimum absolute atomic E-state index is 0.00746. The summed E-state index contributed by atoms with van der Waals surface area (Å²) < 4.78 is 44.3. The number of nitrogens with two attached hydrogens (primary N) is 1. The zero-order valence-corrected chi connectivity index (χ0v) is 13.1. The number of alkyl halides is 3. The minimum atomic E-state index is -4.54. The molecule has 1 saturated carbocycles. The maximum Gasteiger partial charge on any atom is 0.410 e. The molecule has 3 rings (SSSR count). The van der Waals surface area contributed by atoms with E-state index in [-0.39, 0.29) is 23.7 Å². The highest BCUT2D eigenvalue weighted by atomic mass is 35.5. The summed E-state index contributed by atoms with van der Waals surface area (Å²) in [5.41, 5.74) is 5.90. The number of aromatic nitrogens is 2. The van der Waals surface area contributed by atoms with Crippen LogP contribution in [-0.2, 0) is 4.74 Å². The molecule has 1 aliphatic heterocycles. The fourth-order valence-corrected chi connectivity index (χ4v) is 2.68. The lowest BCUT2D eigenvalue weighted by molar-refractivity contribution is -0.150. The lowest BCUT2D eigenvalue weighted by Gasteiger charge is -2.27. The summed E-state index contributed by atoms with van der Waals surface area (Å²) in [6.07, 6.45) is -2.71. The molecule has 24 heavy (non-hydrogen) atoms. The Balaban J connectivity index is 1.86. The molecule has 2 amide bonds. The number of halogens is 4. The van der Waals surface area contributed by atoms with E-state index >= 15 is 0 Å². The van der Waals surface area contributed by atoms with Gasteiger partial charge < -0.3 is 20.7 Å². The van der Waals surface area contributed by atoms with E-state index in [4.69, 9.17) is 22.1 Å². The quantitative estimate of drug-likeness (QED) is 0.831. The van der Waals surface area contributed by atoms with E-state index in [0.717, 1.165) is 17.7 Å². The van der Waals surface area contributed by atoms with Gasteiger partial charge in [0.1, 0.15) is 11.9 Å². The molecule has 132 valence electrons. The predicted molar refractivity (Wildman–Crippen MR) is 78.3 cm³/mol. The molecule has 0 unspecified atom stereocenters. The van der Waals surface area contributed by atoms with E-state index in [0.29, 0.717) is 5.56 Å². The lowest BCUT2D eigenvalue weighted by Crippen LogP contribution is -2.40. The van der Waals surface area contributed by atoms with Gasteiger partial charge in [0.2, 0.25) is 0 Å². The Morgan fingerprint density at radius 1 is 1.46 bits per heavy atom. The van der Waals surface area contributed by atoms with Crippen molar-refractivity contribution in [3.63, 3.8) is 0 Å². The number of urea groups is 1. The maximum absolute atomic E-state index is 12.9. The van der Waals surface area contributed by atoms with Gasteiger partial charge in [0.15, 0.2) is 5.15 Å². The zero-order valence-electron chi connectivity index (χ0n) is 12.4. The predicted octanol–water partition coefficient (Wildman–Crippen LogP) is 1.89. The molecule has 0 bridgehead atoms. The van der Waals surface area contributed by atoms with Crippen LogP contribution in [0.2, 0.25) is 5.15 Å². The number of carbonyl (C=O) groups is 1. The SMILES string of the molecule is Nc1cc([C@@H](COC2CC2)N2C[C@@H](C(F)(F)F)NC2=O)c(Cl)nn1. The molecule has 0 radical (unpaired) electrons. The Morgan fingerprint density at radius 2 is 2.17 bits per heavy atom. The van der Waals surface area contributed by atoms with Gasteiger partial charge in [-0.15, -0.1) is 10.2 Å². The molecule has 0 spiro atoms. The summed E-state index contributed by atoms with van der Waals surface area (Å²) in [4.78, 5) is 13.1. The van der Waals surface area contributed by atoms with Crippen molar-refractivity contribution >= 4 is 23.4 Å². The van der Waals surface area contributed by atoms with Crippen molar-refractivity contribution < 1.29 is 22.7 Å². The first-order valence-electron chi connectivity index (χ1n) is 7.29. The summed E-state index contributed by atoms with van der Waals surface area (Å²) in [7, 11) is 0. The van der Waals surface area contributed by atoms with Crippen molar-refractivity contribution in [2.75, 3.05) is 18.9 Å². The highest BCUT2D eigenvalue weighted by Crippen LogP contribution is 2.34. The molecule has 3 N–H and O–H groups in total. The van der Waals surface area contributed by atoms with Crippen LogP contribution in [0.3, 0.4) is 0 Å². The Bertz CT molecular complexity index is 641. The second-order valence-corrected chi connectivity index (χ2v) is 6.12. The maximum atomic E-state index is 12.9. The minimum Gasteiger partial charge on any atom is -0.382 e. The van der Waals surface area contributed by atoms with Gasteiger partial charge in [-0.1, -0.05) is 11.6 Å². The summed E-state index contributed by atoms with van der Waals surface area (Å²) in [6, 6.07) is -2.22. The van der Waals surface area contributed by atoms with Gasteiger partial charge in [-0.3, -0.25) is 0 Å². The summed E-state index contributed by atoms with van der Waals surface area (Å²) >= 11 is 6.01. The summed E-state index contributed by atoms with van der Waals surface area (Å²) in [5.74, 6) is 0.0535. The third-order valence-electron chi connectivity index (χ3n) is 3.88. The van der Waals surface area contributed by atoms with E-state index in [9.17, 15) is 18.0 Å². The molecule has 0 aromatic carbocycles. The molecular weight excluding hydrogens is 351 g/mol. The molecule has 1 aliphatic carbocycles. The van der Waals surface area contributed by atoms with Crippen molar-refractivity contribution in [1.82, 2.24) is 20.4 Å². The van der Waals surface area contributed by atoms with Crippen LogP contribution >= 0.6 is 11.6 Å². The normalized spacial score (nSPS) is 22.6. The number of nitrogens with one attached hydrogen (secondary N) is 1. The van der Waals surface area contributed by atoms with E-state index in [1.54, 1.807) is 0 Å². The molecule has 7 nitrogen and oxygen atoms in total. The Labute approximate surface area is 140 Å². The highest BCUT2D eigenvalue weighted by Gasteiger charge is 2.49. The first kappa shape index (κ1) is 17.0. The third kappa shape index (κ3) is 3.64. The average molecular weight is 366 g/mol. The van der Waals surface area contributed by atoms with Crippen molar-refractivity contribution in [2.24, 2.45) is 0 Å². The van der Waals surface area contributed by atoms with Crippen LogP contribution in [0.15, 0.2) is 6.07 Å². The van der Waals surface area contributed by atoms with Gasteiger partial charge in [0.05, 0.1) is 25.3 Å². The smallest absolute Gasteiger partial charge is 0.382 e. The zero-order chi connectivity index (χ0) is 17.5. The van der Waals surface area contributed by atoms with E-state index in [2.05, 4.69) is 10.2 Å². The number of nitrogen functional groups attached to an aromatic ring is 1. The van der Waals surface area contributed by atoms with Crippen molar-refractivity contribution in [3.8, 4) is 0 Å². The van der Waals surface area contributed by atoms with Crippen LogP contribution in [0, 0.1) is 0 Å². The van der Waals surface area contributed by atoms with Crippen LogP contribution < -0.4 is 11.1 Å². The van der Waals surface area contributed by atoms with Gasteiger partial charge in [-0.2, -0.15) is 13.2 Å². The molecule has 1 aromatic rings. The molecule has 1 aromatic heterocycles. The molecule has 2 aliphatic rings. The molecule has 2 atom stereocenters. The van der Waals surface area contributed by atoms with Crippen LogP contribution in [0.4, 0.5) is 23.8 Å². The fraction of sp³-hybridized carbons (Fsp3) is 0.615. The van der Waals surface area contributed by atoms with Gasteiger partial charge >= 0.3 is 12.2 Å². The van der Waals surface area contributed by atoms with Gasteiger partial charge in [0, 0.05) is 5.56 Å². The van der Waals surface area contributed by atoms with Crippen LogP contribution in [-0.4, -0.2) is 52.6 Å². The summed E-state index contributed by atoms with van der Waals surface area (Å²) in [6.45, 7) is -0.535. The Hall–Kier alpha value is -1.81. The topological polar surface area (TPSA) is 93.4 Å². The lowest BCUT2D eigenvalue weighted by atomic mass is 10.1. The summed E-state index contributed by atoms with van der Waals surface area (Å²) in [5, 5.41) is 9.14. The standard InChI is InChI=1S/C13H15ClF3N5O2/c14-11-7(3-10(18)20-21-11)8(5-24-6-1-2-6)22-4-9(13(15,16)17)19-12(22)23/h3,6,8-9H,1-2,4-5H2,(H2,18,20)(H,19,23)/t8-,9+/m1/s1. The number of amides is 2. The van der Waals surface area contributed by atoms with Crippen molar-refractivity contribution in [1.29, 1.82) is 0 Å². The largest absolute Gasteiger partial charge is 0.410 e. The number of ether oxygens (including phenoxy) is 1. The molecule has 11 heteroatoms. The van der Waals surface area contributed by atoms with E-state index in [1.165, 1.54) is 6.07 Å². The number of rotatable bonds is 5. The first-order valence-corrected chi connectivity index (χ1v) is 7.67. The van der Waals surface area contributed by atoms with Crippen LogP contribution in [0.25, 0.3) is 0 Å². The monoisotopic (exact) mass is 365 g/mol. The Kier molecular flexibility index (Phi) is 4.43. The van der Waals surface area contributed by atoms with Gasteiger partial charge in [-0.25, -0.2) is 4.79 Å². The second kappa shape index (κ2) is 6.25. The number of nitrogens with zero attached hydrogens (tertiary/aromatic N) is 3. The van der Waals surface area contributed by atoms with Crippen molar-refractivity contribution in [3.05, 3.63) is 16.8 Å². The third-order valence-corrected chi connectivity index (χ3v) is 4.17. The van der Waals surface area contributed by atoms with E-state index in [1.807, 2.05) is 5.32 Å². The molecular formula is C13H15ClF3N5O2. The molecule has 2 heterocycles. The van der Waals surface area contributed by atoms with Gasteiger partial charge in [-0.05, 0) is 18.9 Å². The van der Waals surface area contributed by atoms with Gasteiger partial charge in [0.25, 0.3) is 0 Å². The molecule has 1 saturated heterocycles. The average Bonchev–Trinajstić information content (AvgIpc) is 3.23.